The van der Waals surface area contributed by atoms with E-state index in [1.54, 1.807) is 12.1 Å². The summed E-state index contributed by atoms with van der Waals surface area (Å²) in [6.07, 6.45) is 1.86. The number of phenols is 1. The third-order valence-corrected chi connectivity index (χ3v) is 4.87. The first-order valence-corrected chi connectivity index (χ1v) is 8.95. The molecule has 28 heavy (non-hydrogen) atoms. The van der Waals surface area contributed by atoms with Gasteiger partial charge in [-0.05, 0) is 36.4 Å². The minimum atomic E-state index is 0.0987. The number of hydrogen-bond acceptors (Lipinski definition) is 4. The van der Waals surface area contributed by atoms with Gasteiger partial charge in [0, 0.05) is 22.5 Å². The van der Waals surface area contributed by atoms with Crippen molar-refractivity contribution >= 4 is 21.8 Å². The van der Waals surface area contributed by atoms with Crippen molar-refractivity contribution in [1.82, 2.24) is 14.8 Å². The molecule has 0 saturated carbocycles. The molecule has 0 amide bonds. The highest BCUT2D eigenvalue weighted by Crippen LogP contribution is 2.36. The Morgan fingerprint density at radius 3 is 2.50 bits per heavy atom. The first-order valence-electron chi connectivity index (χ1n) is 8.95. The summed E-state index contributed by atoms with van der Waals surface area (Å²) in [4.78, 5) is 4.63. The molecule has 5 heteroatoms. The Labute approximate surface area is 161 Å². The van der Waals surface area contributed by atoms with Gasteiger partial charge >= 0.3 is 0 Å². The number of methoxy groups -OCH3 is 1. The van der Waals surface area contributed by atoms with Crippen molar-refractivity contribution in [1.29, 1.82) is 0 Å². The van der Waals surface area contributed by atoms with Crippen LogP contribution in [0.5, 0.6) is 11.5 Å². The standard InChI is InChI=1S/C23H17N3O2/c1-28-21-13-15(11-12-20(21)27)22-18-14-24-19-10-6-5-9-17(19)23(18)26(25-22)16-7-3-2-4-8-16/h2-14,27H,1H3. The summed E-state index contributed by atoms with van der Waals surface area (Å²) in [5.74, 6) is 0.510. The number of fused-ring (bicyclic) bond motifs is 3. The summed E-state index contributed by atoms with van der Waals surface area (Å²) in [5, 5.41) is 16.9. The first kappa shape index (κ1) is 16.3. The number of para-hydroxylation sites is 2. The van der Waals surface area contributed by atoms with Gasteiger partial charge in [-0.2, -0.15) is 5.10 Å². The number of hydrogen-bond donors (Lipinski definition) is 1. The molecule has 1 N–H and O–H groups in total. The average Bonchev–Trinajstić information content (AvgIpc) is 3.15. The van der Waals surface area contributed by atoms with E-state index in [2.05, 4.69) is 11.1 Å². The van der Waals surface area contributed by atoms with Gasteiger partial charge in [-0.25, -0.2) is 4.68 Å². The zero-order valence-corrected chi connectivity index (χ0v) is 15.2. The number of ether oxygens (including phenoxy) is 1. The fourth-order valence-electron chi connectivity index (χ4n) is 3.53. The van der Waals surface area contributed by atoms with Crippen molar-refractivity contribution in [2.45, 2.75) is 0 Å². The molecular weight excluding hydrogens is 350 g/mol. The Bertz CT molecular complexity index is 1310. The SMILES string of the molecule is COc1cc(-c2nn(-c3ccccc3)c3c2cnc2ccccc23)ccc1O. The highest BCUT2D eigenvalue weighted by molar-refractivity contribution is 6.08. The lowest BCUT2D eigenvalue weighted by molar-refractivity contribution is 0.373. The van der Waals surface area contributed by atoms with Crippen LogP contribution in [0.1, 0.15) is 0 Å². The topological polar surface area (TPSA) is 60.2 Å². The van der Waals surface area contributed by atoms with Crippen molar-refractivity contribution in [3.05, 3.63) is 79.0 Å². The van der Waals surface area contributed by atoms with E-state index in [9.17, 15) is 5.11 Å². The number of pyridine rings is 1. The molecule has 0 radical (unpaired) electrons. The number of rotatable bonds is 3. The van der Waals surface area contributed by atoms with Crippen LogP contribution in [0.2, 0.25) is 0 Å². The lowest BCUT2D eigenvalue weighted by Gasteiger charge is -2.05. The summed E-state index contributed by atoms with van der Waals surface area (Å²) in [5.41, 5.74) is 4.53. The maximum absolute atomic E-state index is 9.96. The second-order valence-corrected chi connectivity index (χ2v) is 6.52. The predicted molar refractivity (Wildman–Crippen MR) is 110 cm³/mol. The van der Waals surface area contributed by atoms with Crippen LogP contribution in [0.15, 0.2) is 79.0 Å². The van der Waals surface area contributed by atoms with E-state index in [1.807, 2.05) is 65.5 Å². The Balaban J connectivity index is 1.88. The number of phenolic OH excluding ortho intramolecular Hbond substituents is 1. The molecule has 136 valence electrons. The van der Waals surface area contributed by atoms with Gasteiger partial charge in [0.05, 0.1) is 23.8 Å². The van der Waals surface area contributed by atoms with Crippen LogP contribution >= 0.6 is 0 Å². The van der Waals surface area contributed by atoms with Crippen LogP contribution in [0, 0.1) is 0 Å². The Hall–Kier alpha value is -3.86. The van der Waals surface area contributed by atoms with Crippen LogP contribution < -0.4 is 4.74 Å². The molecule has 0 aliphatic carbocycles. The Morgan fingerprint density at radius 2 is 1.68 bits per heavy atom. The normalized spacial score (nSPS) is 11.2. The molecule has 0 aliphatic rings. The van der Waals surface area contributed by atoms with Crippen molar-refractivity contribution < 1.29 is 9.84 Å². The van der Waals surface area contributed by atoms with Gasteiger partial charge in [0.2, 0.25) is 0 Å². The van der Waals surface area contributed by atoms with Gasteiger partial charge in [0.25, 0.3) is 0 Å². The quantitative estimate of drug-likeness (QED) is 0.490. The first-order chi connectivity index (χ1) is 13.8. The van der Waals surface area contributed by atoms with Gasteiger partial charge < -0.3 is 9.84 Å². The maximum Gasteiger partial charge on any atom is 0.161 e. The minimum Gasteiger partial charge on any atom is -0.504 e. The second-order valence-electron chi connectivity index (χ2n) is 6.52. The molecule has 0 aliphatic heterocycles. The summed E-state index contributed by atoms with van der Waals surface area (Å²) in [7, 11) is 1.54. The summed E-state index contributed by atoms with van der Waals surface area (Å²) < 4.78 is 7.23. The zero-order chi connectivity index (χ0) is 19.1. The maximum atomic E-state index is 9.96. The minimum absolute atomic E-state index is 0.0987. The monoisotopic (exact) mass is 367 g/mol. The smallest absolute Gasteiger partial charge is 0.161 e. The third kappa shape index (κ3) is 2.48. The lowest BCUT2D eigenvalue weighted by Crippen LogP contribution is -1.96. The molecule has 2 heterocycles. The second kappa shape index (κ2) is 6.39. The molecule has 5 rings (SSSR count). The molecule has 0 atom stereocenters. The van der Waals surface area contributed by atoms with Crippen LogP contribution in [-0.2, 0) is 0 Å². The van der Waals surface area contributed by atoms with Crippen LogP contribution in [-0.4, -0.2) is 27.0 Å². The van der Waals surface area contributed by atoms with Gasteiger partial charge in [0.15, 0.2) is 11.5 Å². The van der Waals surface area contributed by atoms with E-state index in [0.717, 1.165) is 38.8 Å². The number of nitrogens with zero attached hydrogens (tertiary/aromatic N) is 3. The number of aromatic nitrogens is 3. The van der Waals surface area contributed by atoms with Crippen molar-refractivity contribution in [2.24, 2.45) is 0 Å². The van der Waals surface area contributed by atoms with E-state index in [1.165, 1.54) is 7.11 Å². The molecule has 5 nitrogen and oxygen atoms in total. The molecule has 0 saturated heterocycles. The van der Waals surface area contributed by atoms with Crippen LogP contribution in [0.25, 0.3) is 38.8 Å². The Kier molecular flexibility index (Phi) is 3.72. The largest absolute Gasteiger partial charge is 0.504 e. The third-order valence-electron chi connectivity index (χ3n) is 4.87. The van der Waals surface area contributed by atoms with Gasteiger partial charge in [-0.3, -0.25) is 4.98 Å². The number of benzene rings is 3. The molecule has 0 unspecified atom stereocenters. The summed E-state index contributed by atoms with van der Waals surface area (Å²) in [6.45, 7) is 0. The van der Waals surface area contributed by atoms with Crippen LogP contribution in [0.4, 0.5) is 0 Å². The fraction of sp³-hybridized carbons (Fsp3) is 0.0435. The fourth-order valence-corrected chi connectivity index (χ4v) is 3.53. The van der Waals surface area contributed by atoms with Crippen LogP contribution in [0.3, 0.4) is 0 Å². The zero-order valence-electron chi connectivity index (χ0n) is 15.2. The molecular formula is C23H17N3O2. The van der Waals surface area contributed by atoms with E-state index >= 15 is 0 Å². The molecule has 0 bridgehead atoms. The highest BCUT2D eigenvalue weighted by atomic mass is 16.5. The highest BCUT2D eigenvalue weighted by Gasteiger charge is 2.18. The molecule has 0 fully saturated rings. The lowest BCUT2D eigenvalue weighted by atomic mass is 10.1. The van der Waals surface area contributed by atoms with Gasteiger partial charge in [0.1, 0.15) is 5.69 Å². The van der Waals surface area contributed by atoms with E-state index in [4.69, 9.17) is 9.84 Å². The van der Waals surface area contributed by atoms with E-state index < -0.39 is 0 Å². The Morgan fingerprint density at radius 1 is 0.893 bits per heavy atom. The van der Waals surface area contributed by atoms with Crippen molar-refractivity contribution in [2.75, 3.05) is 7.11 Å². The molecule has 0 spiro atoms. The predicted octanol–water partition coefficient (Wildman–Crippen LogP) is 4.95. The van der Waals surface area contributed by atoms with Gasteiger partial charge in [-0.1, -0.05) is 36.4 Å². The van der Waals surface area contributed by atoms with E-state index in [-0.39, 0.29) is 5.75 Å². The number of aromatic hydroxyl groups is 1. The van der Waals surface area contributed by atoms with Crippen molar-refractivity contribution in [3.63, 3.8) is 0 Å². The summed E-state index contributed by atoms with van der Waals surface area (Å²) in [6, 6.07) is 23.3. The average molecular weight is 367 g/mol. The summed E-state index contributed by atoms with van der Waals surface area (Å²) >= 11 is 0. The van der Waals surface area contributed by atoms with Crippen molar-refractivity contribution in [3.8, 4) is 28.4 Å². The van der Waals surface area contributed by atoms with E-state index in [0.29, 0.717) is 5.75 Å². The van der Waals surface area contributed by atoms with Gasteiger partial charge in [-0.15, -0.1) is 0 Å². The molecule has 3 aromatic carbocycles. The molecule has 5 aromatic rings. The molecule has 2 aromatic heterocycles.